The monoisotopic (exact) mass is 708 g/mol. The summed E-state index contributed by atoms with van der Waals surface area (Å²) in [5, 5.41) is 11.8. The van der Waals surface area contributed by atoms with Gasteiger partial charge < -0.3 is 19.5 Å². The fourth-order valence-corrected chi connectivity index (χ4v) is 7.64. The van der Waals surface area contributed by atoms with Crippen LogP contribution in [-0.2, 0) is 19.1 Å². The van der Waals surface area contributed by atoms with Gasteiger partial charge in [-0.05, 0) is 84.6 Å². The molecule has 1 aliphatic rings. The number of hydrogen-bond donors (Lipinski definition) is 1. The number of piperidine rings is 1. The van der Waals surface area contributed by atoms with Crippen molar-refractivity contribution < 1.29 is 24.2 Å². The highest BCUT2D eigenvalue weighted by molar-refractivity contribution is 5.77. The summed E-state index contributed by atoms with van der Waals surface area (Å²) in [4.78, 5) is 28.6. The van der Waals surface area contributed by atoms with E-state index >= 15 is 0 Å². The minimum atomic E-state index is -0.891. The molecular weight excluding hydrogens is 622 g/mol. The molecule has 0 aromatic carbocycles. The van der Waals surface area contributed by atoms with Crippen molar-refractivity contribution in [1.29, 1.82) is 0 Å². The first kappa shape index (κ1) is 46.9. The van der Waals surface area contributed by atoms with Gasteiger partial charge in [0, 0.05) is 24.9 Å². The Hall–Kier alpha value is -1.14. The van der Waals surface area contributed by atoms with Gasteiger partial charge in [-0.15, -0.1) is 0 Å². The van der Waals surface area contributed by atoms with Gasteiger partial charge in [-0.1, -0.05) is 137 Å². The first-order valence-corrected chi connectivity index (χ1v) is 21.6. The van der Waals surface area contributed by atoms with Crippen molar-refractivity contribution >= 4 is 11.9 Å². The largest absolute Gasteiger partial charge is 0.465 e. The number of hydrogen-bond acceptors (Lipinski definition) is 6. The van der Waals surface area contributed by atoms with Crippen LogP contribution in [0.25, 0.3) is 0 Å². The van der Waals surface area contributed by atoms with E-state index in [9.17, 15) is 14.7 Å². The number of esters is 2. The van der Waals surface area contributed by atoms with Gasteiger partial charge in [0.05, 0.1) is 17.6 Å². The summed E-state index contributed by atoms with van der Waals surface area (Å²) in [6.07, 6.45) is 28.7. The van der Waals surface area contributed by atoms with E-state index < -0.39 is 16.4 Å². The summed E-state index contributed by atoms with van der Waals surface area (Å²) >= 11 is 0. The van der Waals surface area contributed by atoms with Crippen molar-refractivity contribution in [2.45, 2.75) is 227 Å². The SMILES string of the molecule is CCCCCCCCCC(CCCCCCCCC(=O)OCC(CCCC)CCCCCC)OC(=O)C(C)(C)C(C)(C)C1(O)CCN(C)CC1. The topological polar surface area (TPSA) is 76.1 Å². The van der Waals surface area contributed by atoms with E-state index in [1.54, 1.807) is 0 Å². The fourth-order valence-electron chi connectivity index (χ4n) is 7.64. The average molecular weight is 708 g/mol. The van der Waals surface area contributed by atoms with Gasteiger partial charge >= 0.3 is 11.9 Å². The molecule has 1 fully saturated rings. The van der Waals surface area contributed by atoms with Crippen molar-refractivity contribution in [1.82, 2.24) is 4.90 Å². The number of carbonyl (C=O) groups excluding carboxylic acids is 2. The van der Waals surface area contributed by atoms with Gasteiger partial charge in [0.15, 0.2) is 0 Å². The number of likely N-dealkylation sites (tertiary alicyclic amines) is 1. The second-order valence-corrected chi connectivity index (χ2v) is 17.2. The third kappa shape index (κ3) is 18.1. The molecule has 1 aliphatic heterocycles. The van der Waals surface area contributed by atoms with E-state index in [1.165, 1.54) is 89.9 Å². The number of rotatable bonds is 31. The summed E-state index contributed by atoms with van der Waals surface area (Å²) in [7, 11) is 2.10. The van der Waals surface area contributed by atoms with E-state index in [4.69, 9.17) is 9.47 Å². The summed E-state index contributed by atoms with van der Waals surface area (Å²) in [6, 6.07) is 0. The number of nitrogens with zero attached hydrogens (tertiary/aromatic N) is 1. The van der Waals surface area contributed by atoms with Gasteiger partial charge in [0.1, 0.15) is 6.10 Å². The lowest BCUT2D eigenvalue weighted by atomic mass is 9.56. The lowest BCUT2D eigenvalue weighted by Gasteiger charge is -2.53. The van der Waals surface area contributed by atoms with E-state index in [-0.39, 0.29) is 18.0 Å². The van der Waals surface area contributed by atoms with E-state index in [2.05, 4.69) is 46.6 Å². The maximum atomic E-state index is 13.9. The molecule has 6 nitrogen and oxygen atoms in total. The Morgan fingerprint density at radius 1 is 0.660 bits per heavy atom. The third-order valence-electron chi connectivity index (χ3n) is 12.5. The molecule has 2 atom stereocenters. The van der Waals surface area contributed by atoms with Crippen LogP contribution in [0.4, 0.5) is 0 Å². The fraction of sp³-hybridized carbons (Fsp3) is 0.955. The molecule has 1 saturated heterocycles. The minimum absolute atomic E-state index is 0.0240. The average Bonchev–Trinajstić information content (AvgIpc) is 3.09. The molecule has 0 saturated carbocycles. The lowest BCUT2D eigenvalue weighted by molar-refractivity contribution is -0.192. The Labute approximate surface area is 311 Å². The van der Waals surface area contributed by atoms with E-state index in [0.29, 0.717) is 31.8 Å². The van der Waals surface area contributed by atoms with Crippen LogP contribution in [0.3, 0.4) is 0 Å². The highest BCUT2D eigenvalue weighted by Crippen LogP contribution is 2.51. The maximum absolute atomic E-state index is 13.9. The summed E-state index contributed by atoms with van der Waals surface area (Å²) in [5.74, 6) is 0.333. The molecule has 1 heterocycles. The van der Waals surface area contributed by atoms with Crippen molar-refractivity contribution in [2.24, 2.45) is 16.7 Å². The minimum Gasteiger partial charge on any atom is -0.465 e. The van der Waals surface area contributed by atoms with Crippen LogP contribution in [0.1, 0.15) is 215 Å². The number of carbonyl (C=O) groups is 2. The molecule has 0 amide bonds. The van der Waals surface area contributed by atoms with Gasteiger partial charge in [0.25, 0.3) is 0 Å². The van der Waals surface area contributed by atoms with Crippen LogP contribution >= 0.6 is 0 Å². The molecule has 1 rings (SSSR count). The third-order valence-corrected chi connectivity index (χ3v) is 12.5. The molecule has 50 heavy (non-hydrogen) atoms. The Morgan fingerprint density at radius 2 is 1.10 bits per heavy atom. The van der Waals surface area contributed by atoms with Gasteiger partial charge in [-0.25, -0.2) is 0 Å². The molecule has 296 valence electrons. The van der Waals surface area contributed by atoms with Crippen LogP contribution in [0.5, 0.6) is 0 Å². The Morgan fingerprint density at radius 3 is 1.64 bits per heavy atom. The Kier molecular flexibility index (Phi) is 24.9. The number of ether oxygens (including phenoxy) is 2. The summed E-state index contributed by atoms with van der Waals surface area (Å²) < 4.78 is 12.1. The molecule has 0 radical (unpaired) electrons. The van der Waals surface area contributed by atoms with E-state index in [1.807, 2.05) is 13.8 Å². The van der Waals surface area contributed by atoms with Crippen LogP contribution < -0.4 is 0 Å². The molecule has 0 aromatic heterocycles. The quantitative estimate of drug-likeness (QED) is 0.0571. The Balaban J connectivity index is 2.51. The normalized spacial score (nSPS) is 16.7. The van der Waals surface area contributed by atoms with Gasteiger partial charge in [-0.2, -0.15) is 0 Å². The zero-order chi connectivity index (χ0) is 37.3. The molecule has 1 N–H and O–H groups in total. The van der Waals surface area contributed by atoms with Crippen LogP contribution in [0, 0.1) is 16.7 Å². The molecule has 0 bridgehead atoms. The molecule has 2 unspecified atom stereocenters. The highest BCUT2D eigenvalue weighted by Gasteiger charge is 2.57. The van der Waals surface area contributed by atoms with Crippen LogP contribution in [-0.4, -0.2) is 60.4 Å². The molecule has 0 aromatic rings. The maximum Gasteiger partial charge on any atom is 0.312 e. The van der Waals surface area contributed by atoms with Crippen molar-refractivity contribution in [3.63, 3.8) is 0 Å². The zero-order valence-electron chi connectivity index (χ0n) is 34.7. The molecule has 0 spiro atoms. The van der Waals surface area contributed by atoms with E-state index in [0.717, 1.165) is 70.9 Å². The number of aliphatic hydroxyl groups is 1. The van der Waals surface area contributed by atoms with Crippen molar-refractivity contribution in [3.05, 3.63) is 0 Å². The first-order valence-electron chi connectivity index (χ1n) is 21.6. The second-order valence-electron chi connectivity index (χ2n) is 17.2. The summed E-state index contributed by atoms with van der Waals surface area (Å²) in [6.45, 7) is 17.1. The highest BCUT2D eigenvalue weighted by atomic mass is 16.5. The summed E-state index contributed by atoms with van der Waals surface area (Å²) in [5.41, 5.74) is -2.31. The lowest BCUT2D eigenvalue weighted by Crippen LogP contribution is -2.59. The molecular formula is C44H85NO5. The molecule has 0 aliphatic carbocycles. The predicted octanol–water partition coefficient (Wildman–Crippen LogP) is 12.0. The van der Waals surface area contributed by atoms with Gasteiger partial charge in [-0.3, -0.25) is 9.59 Å². The second kappa shape index (κ2) is 26.6. The van der Waals surface area contributed by atoms with Crippen molar-refractivity contribution in [2.75, 3.05) is 26.7 Å². The first-order chi connectivity index (χ1) is 23.8. The zero-order valence-corrected chi connectivity index (χ0v) is 34.7. The predicted molar refractivity (Wildman–Crippen MR) is 211 cm³/mol. The van der Waals surface area contributed by atoms with Crippen LogP contribution in [0.2, 0.25) is 0 Å². The number of unbranched alkanes of at least 4 members (excludes halogenated alkanes) is 15. The van der Waals surface area contributed by atoms with Crippen LogP contribution in [0.15, 0.2) is 0 Å². The van der Waals surface area contributed by atoms with Crippen molar-refractivity contribution in [3.8, 4) is 0 Å². The smallest absolute Gasteiger partial charge is 0.312 e. The molecule has 6 heteroatoms. The van der Waals surface area contributed by atoms with Gasteiger partial charge in [0.2, 0.25) is 0 Å². The standard InChI is InChI=1S/C44H85NO5/c1-9-12-15-17-18-21-25-30-39(50-41(47)42(4,5)43(6,7)44(48)33-35-45(8)36-34-44)31-26-22-19-20-23-27-32-40(46)49-37-38(28-14-11-3)29-24-16-13-10-2/h38-39,48H,9-37H2,1-8H3. The Bertz CT molecular complexity index is 862.